The SMILES string of the molecule is CC(C)COc1ccccc1NC(=O)COc1ccc(C(C)(C)C)cc1Br. The first-order valence-electron chi connectivity index (χ1n) is 9.11. The summed E-state index contributed by atoms with van der Waals surface area (Å²) in [5.74, 6) is 1.48. The fourth-order valence-electron chi connectivity index (χ4n) is 2.37. The minimum Gasteiger partial charge on any atom is -0.491 e. The normalized spacial score (nSPS) is 11.4. The number of anilines is 1. The summed E-state index contributed by atoms with van der Waals surface area (Å²) in [6.07, 6.45) is 0. The largest absolute Gasteiger partial charge is 0.491 e. The van der Waals surface area contributed by atoms with Gasteiger partial charge in [0.1, 0.15) is 11.5 Å². The van der Waals surface area contributed by atoms with Gasteiger partial charge < -0.3 is 14.8 Å². The maximum absolute atomic E-state index is 12.3. The van der Waals surface area contributed by atoms with Gasteiger partial charge in [-0.1, -0.05) is 52.8 Å². The van der Waals surface area contributed by atoms with Gasteiger partial charge in [0.05, 0.1) is 16.8 Å². The Morgan fingerprint density at radius 1 is 1.07 bits per heavy atom. The topological polar surface area (TPSA) is 47.6 Å². The van der Waals surface area contributed by atoms with Crippen molar-refractivity contribution in [3.63, 3.8) is 0 Å². The molecular weight excluding hydrogens is 406 g/mol. The molecule has 0 fully saturated rings. The summed E-state index contributed by atoms with van der Waals surface area (Å²) in [6, 6.07) is 13.4. The van der Waals surface area contributed by atoms with Gasteiger partial charge in [-0.3, -0.25) is 4.79 Å². The van der Waals surface area contributed by atoms with E-state index in [0.717, 1.165) is 4.47 Å². The minimum atomic E-state index is -0.234. The lowest BCUT2D eigenvalue weighted by molar-refractivity contribution is -0.118. The van der Waals surface area contributed by atoms with E-state index >= 15 is 0 Å². The second kappa shape index (κ2) is 9.27. The van der Waals surface area contributed by atoms with E-state index in [1.807, 2.05) is 42.5 Å². The van der Waals surface area contributed by atoms with Gasteiger partial charge in [-0.05, 0) is 57.1 Å². The van der Waals surface area contributed by atoms with Crippen LogP contribution in [0, 0.1) is 5.92 Å². The van der Waals surface area contributed by atoms with Crippen LogP contribution in [0.4, 0.5) is 5.69 Å². The molecule has 27 heavy (non-hydrogen) atoms. The summed E-state index contributed by atoms with van der Waals surface area (Å²) in [5, 5.41) is 2.86. The van der Waals surface area contributed by atoms with E-state index in [0.29, 0.717) is 29.7 Å². The molecule has 0 aromatic heterocycles. The maximum atomic E-state index is 12.3. The Morgan fingerprint density at radius 3 is 2.41 bits per heavy atom. The summed E-state index contributed by atoms with van der Waals surface area (Å²) in [5.41, 5.74) is 1.90. The maximum Gasteiger partial charge on any atom is 0.262 e. The van der Waals surface area contributed by atoms with Crippen molar-refractivity contribution in [2.24, 2.45) is 5.92 Å². The van der Waals surface area contributed by atoms with Gasteiger partial charge >= 0.3 is 0 Å². The van der Waals surface area contributed by atoms with E-state index in [1.54, 1.807) is 0 Å². The summed E-state index contributed by atoms with van der Waals surface area (Å²) in [4.78, 5) is 12.3. The van der Waals surface area contributed by atoms with Crippen LogP contribution < -0.4 is 14.8 Å². The number of halogens is 1. The number of amides is 1. The summed E-state index contributed by atoms with van der Waals surface area (Å²) in [6.45, 7) is 11.1. The van der Waals surface area contributed by atoms with Gasteiger partial charge in [0.2, 0.25) is 0 Å². The first-order valence-corrected chi connectivity index (χ1v) is 9.90. The highest BCUT2D eigenvalue weighted by molar-refractivity contribution is 9.10. The second-order valence-corrected chi connectivity index (χ2v) is 8.79. The highest BCUT2D eigenvalue weighted by atomic mass is 79.9. The summed E-state index contributed by atoms with van der Waals surface area (Å²) < 4.78 is 12.3. The standard InChI is InChI=1S/C22H28BrNO3/c1-15(2)13-26-20-9-7-6-8-18(20)24-21(25)14-27-19-11-10-16(12-17(19)23)22(3,4)5/h6-12,15H,13-14H2,1-5H3,(H,24,25). The minimum absolute atomic E-state index is 0.0537. The molecule has 0 atom stereocenters. The average molecular weight is 434 g/mol. The highest BCUT2D eigenvalue weighted by Gasteiger charge is 2.16. The van der Waals surface area contributed by atoms with Crippen LogP contribution in [0.2, 0.25) is 0 Å². The number of carbonyl (C=O) groups is 1. The fourth-order valence-corrected chi connectivity index (χ4v) is 2.86. The molecule has 4 nitrogen and oxygen atoms in total. The monoisotopic (exact) mass is 433 g/mol. The third kappa shape index (κ3) is 6.58. The molecule has 1 N–H and O–H groups in total. The van der Waals surface area contributed by atoms with Gasteiger partial charge in [-0.15, -0.1) is 0 Å². The Morgan fingerprint density at radius 2 is 1.78 bits per heavy atom. The lowest BCUT2D eigenvalue weighted by Crippen LogP contribution is -2.21. The van der Waals surface area contributed by atoms with Crippen molar-refractivity contribution in [2.75, 3.05) is 18.5 Å². The lowest BCUT2D eigenvalue weighted by atomic mass is 9.87. The van der Waals surface area contributed by atoms with Crippen LogP contribution in [-0.2, 0) is 10.2 Å². The summed E-state index contributed by atoms with van der Waals surface area (Å²) >= 11 is 3.53. The number of ether oxygens (including phenoxy) is 2. The molecule has 0 saturated heterocycles. The predicted molar refractivity (Wildman–Crippen MR) is 114 cm³/mol. The Bertz CT molecular complexity index is 781. The Balaban J connectivity index is 1.97. The van der Waals surface area contributed by atoms with E-state index in [4.69, 9.17) is 9.47 Å². The summed E-state index contributed by atoms with van der Waals surface area (Å²) in [7, 11) is 0. The number of benzene rings is 2. The zero-order valence-corrected chi connectivity index (χ0v) is 18.2. The molecule has 0 aliphatic rings. The molecule has 0 spiro atoms. The Hall–Kier alpha value is -2.01. The van der Waals surface area contributed by atoms with Gasteiger partial charge in [-0.25, -0.2) is 0 Å². The van der Waals surface area contributed by atoms with Crippen molar-refractivity contribution in [3.8, 4) is 11.5 Å². The number of rotatable bonds is 7. The molecule has 5 heteroatoms. The van der Waals surface area contributed by atoms with Crippen LogP contribution in [0.1, 0.15) is 40.2 Å². The van der Waals surface area contributed by atoms with E-state index in [2.05, 4.69) is 55.9 Å². The molecule has 0 radical (unpaired) electrons. The lowest BCUT2D eigenvalue weighted by Gasteiger charge is -2.20. The van der Waals surface area contributed by atoms with Crippen LogP contribution in [-0.4, -0.2) is 19.1 Å². The smallest absolute Gasteiger partial charge is 0.262 e. The zero-order valence-electron chi connectivity index (χ0n) is 16.6. The van der Waals surface area contributed by atoms with Crippen LogP contribution in [0.5, 0.6) is 11.5 Å². The van der Waals surface area contributed by atoms with E-state index < -0.39 is 0 Å². The molecule has 1 amide bonds. The third-order valence-corrected chi connectivity index (χ3v) is 4.51. The molecule has 0 unspecified atom stereocenters. The zero-order chi connectivity index (χ0) is 20.0. The van der Waals surface area contributed by atoms with E-state index in [-0.39, 0.29) is 17.9 Å². The van der Waals surface area contributed by atoms with Crippen molar-refractivity contribution in [1.29, 1.82) is 0 Å². The number of nitrogens with one attached hydrogen (secondary N) is 1. The average Bonchev–Trinajstić information content (AvgIpc) is 2.59. The van der Waals surface area contributed by atoms with Crippen LogP contribution in [0.25, 0.3) is 0 Å². The van der Waals surface area contributed by atoms with Gasteiger partial charge in [0, 0.05) is 0 Å². The molecule has 0 aliphatic carbocycles. The van der Waals surface area contributed by atoms with Gasteiger partial charge in [0.25, 0.3) is 5.91 Å². The Kier molecular flexibility index (Phi) is 7.31. The van der Waals surface area contributed by atoms with Gasteiger partial charge in [0.15, 0.2) is 6.61 Å². The fraction of sp³-hybridized carbons (Fsp3) is 0.409. The number of hydrogen-bond donors (Lipinski definition) is 1. The van der Waals surface area contributed by atoms with Crippen LogP contribution in [0.15, 0.2) is 46.9 Å². The first-order chi connectivity index (χ1) is 12.7. The molecule has 0 bridgehead atoms. The van der Waals surface area contributed by atoms with E-state index in [1.165, 1.54) is 5.56 Å². The molecule has 146 valence electrons. The van der Waals surface area contributed by atoms with E-state index in [9.17, 15) is 4.79 Å². The van der Waals surface area contributed by atoms with Crippen LogP contribution in [0.3, 0.4) is 0 Å². The second-order valence-electron chi connectivity index (χ2n) is 7.93. The molecule has 2 rings (SSSR count). The van der Waals surface area contributed by atoms with Crippen molar-refractivity contribution in [3.05, 3.63) is 52.5 Å². The predicted octanol–water partition coefficient (Wildman–Crippen LogP) is 5.80. The van der Waals surface area contributed by atoms with Crippen LogP contribution >= 0.6 is 15.9 Å². The van der Waals surface area contributed by atoms with Crippen molar-refractivity contribution in [2.45, 2.75) is 40.0 Å². The highest BCUT2D eigenvalue weighted by Crippen LogP contribution is 2.31. The molecule has 0 aliphatic heterocycles. The first kappa shape index (κ1) is 21.3. The molecular formula is C22H28BrNO3. The van der Waals surface area contributed by atoms with Gasteiger partial charge in [-0.2, -0.15) is 0 Å². The molecule has 0 heterocycles. The van der Waals surface area contributed by atoms with Crippen molar-refractivity contribution >= 4 is 27.5 Å². The Labute approximate surface area is 170 Å². The van der Waals surface area contributed by atoms with Crippen molar-refractivity contribution in [1.82, 2.24) is 0 Å². The quantitative estimate of drug-likeness (QED) is 0.599. The third-order valence-electron chi connectivity index (χ3n) is 3.89. The molecule has 2 aromatic carbocycles. The number of carbonyl (C=O) groups excluding carboxylic acids is 1. The number of para-hydroxylation sites is 2. The number of hydrogen-bond acceptors (Lipinski definition) is 3. The molecule has 0 saturated carbocycles. The van der Waals surface area contributed by atoms with Crippen molar-refractivity contribution < 1.29 is 14.3 Å². The molecule has 2 aromatic rings.